The SMILES string of the molecule is Cc1cc(F)ccc1C(=O)N(C)Cc1ccc(F)c(F)c1. The Kier molecular flexibility index (Phi) is 4.31. The van der Waals surface area contributed by atoms with Crippen molar-refractivity contribution in [3.8, 4) is 0 Å². The lowest BCUT2D eigenvalue weighted by Crippen LogP contribution is -2.27. The molecule has 2 aromatic carbocycles. The van der Waals surface area contributed by atoms with Crippen LogP contribution in [0.2, 0.25) is 0 Å². The van der Waals surface area contributed by atoms with Gasteiger partial charge in [-0.1, -0.05) is 6.07 Å². The summed E-state index contributed by atoms with van der Waals surface area (Å²) in [6, 6.07) is 7.39. The molecule has 0 heterocycles. The van der Waals surface area contributed by atoms with E-state index in [0.717, 1.165) is 12.1 Å². The summed E-state index contributed by atoms with van der Waals surface area (Å²) in [5.41, 5.74) is 1.38. The van der Waals surface area contributed by atoms with Crippen molar-refractivity contribution in [2.24, 2.45) is 0 Å². The largest absolute Gasteiger partial charge is 0.337 e. The van der Waals surface area contributed by atoms with Gasteiger partial charge >= 0.3 is 0 Å². The van der Waals surface area contributed by atoms with Crippen molar-refractivity contribution < 1.29 is 18.0 Å². The summed E-state index contributed by atoms with van der Waals surface area (Å²) in [6.45, 7) is 1.77. The number of carbonyl (C=O) groups is 1. The predicted octanol–water partition coefficient (Wildman–Crippen LogP) is 3.68. The molecule has 1 amide bonds. The van der Waals surface area contributed by atoms with Crippen molar-refractivity contribution in [3.05, 3.63) is 70.5 Å². The maximum Gasteiger partial charge on any atom is 0.254 e. The Bertz CT molecular complexity index is 685. The maximum atomic E-state index is 13.1. The molecule has 0 N–H and O–H groups in total. The van der Waals surface area contributed by atoms with Gasteiger partial charge in [-0.15, -0.1) is 0 Å². The van der Waals surface area contributed by atoms with E-state index in [2.05, 4.69) is 0 Å². The number of amides is 1. The lowest BCUT2D eigenvalue weighted by Gasteiger charge is -2.18. The Morgan fingerprint density at radius 2 is 1.76 bits per heavy atom. The van der Waals surface area contributed by atoms with E-state index in [4.69, 9.17) is 0 Å². The summed E-state index contributed by atoms with van der Waals surface area (Å²) in [5.74, 6) is -2.60. The van der Waals surface area contributed by atoms with Gasteiger partial charge < -0.3 is 4.90 Å². The fourth-order valence-corrected chi connectivity index (χ4v) is 2.06. The summed E-state index contributed by atoms with van der Waals surface area (Å²) in [7, 11) is 1.55. The monoisotopic (exact) mass is 293 g/mol. The molecule has 2 aromatic rings. The van der Waals surface area contributed by atoms with E-state index in [1.54, 1.807) is 14.0 Å². The zero-order valence-electron chi connectivity index (χ0n) is 11.7. The highest BCUT2D eigenvalue weighted by molar-refractivity contribution is 5.95. The summed E-state index contributed by atoms with van der Waals surface area (Å²) in [5, 5.41) is 0. The van der Waals surface area contributed by atoms with Crippen LogP contribution in [0.1, 0.15) is 21.5 Å². The lowest BCUT2D eigenvalue weighted by molar-refractivity contribution is 0.0784. The summed E-state index contributed by atoms with van der Waals surface area (Å²) < 4.78 is 39.0. The zero-order chi connectivity index (χ0) is 15.6. The Hall–Kier alpha value is -2.30. The van der Waals surface area contributed by atoms with Crippen LogP contribution in [0.3, 0.4) is 0 Å². The van der Waals surface area contributed by atoms with Crippen LogP contribution in [0.15, 0.2) is 36.4 Å². The minimum atomic E-state index is -0.952. The first-order valence-electron chi connectivity index (χ1n) is 6.34. The van der Waals surface area contributed by atoms with Gasteiger partial charge in [0, 0.05) is 19.2 Å². The first-order chi connectivity index (χ1) is 9.88. The second-order valence-corrected chi connectivity index (χ2v) is 4.87. The molecule has 0 radical (unpaired) electrons. The summed E-state index contributed by atoms with van der Waals surface area (Å²) >= 11 is 0. The molecule has 110 valence electrons. The smallest absolute Gasteiger partial charge is 0.254 e. The lowest BCUT2D eigenvalue weighted by atomic mass is 10.1. The highest BCUT2D eigenvalue weighted by Crippen LogP contribution is 2.15. The van der Waals surface area contributed by atoms with Crippen LogP contribution in [-0.2, 0) is 6.54 Å². The highest BCUT2D eigenvalue weighted by Gasteiger charge is 2.15. The molecule has 2 rings (SSSR count). The van der Waals surface area contributed by atoms with Crippen molar-refractivity contribution in [2.45, 2.75) is 13.5 Å². The molecule has 0 aliphatic heterocycles. The van der Waals surface area contributed by atoms with Gasteiger partial charge in [-0.25, -0.2) is 13.2 Å². The quantitative estimate of drug-likeness (QED) is 0.845. The molecule has 5 heteroatoms. The van der Waals surface area contributed by atoms with Crippen molar-refractivity contribution >= 4 is 5.91 Å². The van der Waals surface area contributed by atoms with E-state index in [0.29, 0.717) is 16.7 Å². The van der Waals surface area contributed by atoms with Crippen molar-refractivity contribution in [1.29, 1.82) is 0 Å². The first kappa shape index (κ1) is 15.1. The molecule has 0 spiro atoms. The number of benzene rings is 2. The van der Waals surface area contributed by atoms with Crippen molar-refractivity contribution in [3.63, 3.8) is 0 Å². The second kappa shape index (κ2) is 5.99. The van der Waals surface area contributed by atoms with Crippen molar-refractivity contribution in [2.75, 3.05) is 7.05 Å². The molecule has 0 unspecified atom stereocenters. The molecular weight excluding hydrogens is 279 g/mol. The topological polar surface area (TPSA) is 20.3 Å². The summed E-state index contributed by atoms with van der Waals surface area (Å²) in [6.07, 6.45) is 0. The third kappa shape index (κ3) is 3.42. The Labute approximate surface area is 120 Å². The maximum absolute atomic E-state index is 13.1. The molecular formula is C16H14F3NO. The van der Waals surface area contributed by atoms with Crippen LogP contribution in [0.25, 0.3) is 0 Å². The van der Waals surface area contributed by atoms with Gasteiger partial charge in [-0.2, -0.15) is 0 Å². The second-order valence-electron chi connectivity index (χ2n) is 4.87. The molecule has 0 aliphatic carbocycles. The van der Waals surface area contributed by atoms with Gasteiger partial charge in [0.15, 0.2) is 11.6 Å². The van der Waals surface area contributed by atoms with Crippen molar-refractivity contribution in [1.82, 2.24) is 4.90 Å². The van der Waals surface area contributed by atoms with Crippen LogP contribution >= 0.6 is 0 Å². The molecule has 0 atom stereocenters. The van der Waals surface area contributed by atoms with Gasteiger partial charge in [-0.05, 0) is 48.4 Å². The third-order valence-corrected chi connectivity index (χ3v) is 3.17. The molecule has 0 bridgehead atoms. The van der Waals surface area contributed by atoms with E-state index in [1.165, 1.54) is 29.2 Å². The van der Waals surface area contributed by atoms with Gasteiger partial charge in [0.05, 0.1) is 0 Å². The molecule has 2 nitrogen and oxygen atoms in total. The molecule has 0 aromatic heterocycles. The third-order valence-electron chi connectivity index (χ3n) is 3.17. The average Bonchev–Trinajstić information content (AvgIpc) is 2.42. The Balaban J connectivity index is 2.17. The molecule has 0 saturated carbocycles. The van der Waals surface area contributed by atoms with E-state index in [9.17, 15) is 18.0 Å². The number of halogens is 3. The number of hydrogen-bond donors (Lipinski definition) is 0. The van der Waals surface area contributed by atoms with E-state index < -0.39 is 17.5 Å². The number of hydrogen-bond acceptors (Lipinski definition) is 1. The number of rotatable bonds is 3. The van der Waals surface area contributed by atoms with Gasteiger partial charge in [0.2, 0.25) is 0 Å². The molecule has 0 saturated heterocycles. The highest BCUT2D eigenvalue weighted by atomic mass is 19.2. The van der Waals surface area contributed by atoms with Crippen LogP contribution in [-0.4, -0.2) is 17.9 Å². The standard InChI is InChI=1S/C16H14F3NO/c1-10-7-12(17)4-5-13(10)16(21)20(2)9-11-3-6-14(18)15(19)8-11/h3-8H,9H2,1-2H3. The zero-order valence-corrected chi connectivity index (χ0v) is 11.7. The van der Waals surface area contributed by atoms with Crippen LogP contribution < -0.4 is 0 Å². The number of carbonyl (C=O) groups excluding carboxylic acids is 1. The minimum Gasteiger partial charge on any atom is -0.337 e. The minimum absolute atomic E-state index is 0.132. The number of nitrogens with zero attached hydrogens (tertiary/aromatic N) is 1. The van der Waals surface area contributed by atoms with Crippen LogP contribution in [0, 0.1) is 24.4 Å². The molecule has 21 heavy (non-hydrogen) atoms. The van der Waals surface area contributed by atoms with E-state index >= 15 is 0 Å². The normalized spacial score (nSPS) is 10.5. The van der Waals surface area contributed by atoms with Crippen LogP contribution in [0.5, 0.6) is 0 Å². The predicted molar refractivity (Wildman–Crippen MR) is 73.3 cm³/mol. The Morgan fingerprint density at radius 3 is 2.38 bits per heavy atom. The van der Waals surface area contributed by atoms with E-state index in [-0.39, 0.29) is 12.5 Å². The van der Waals surface area contributed by atoms with Gasteiger partial charge in [-0.3, -0.25) is 4.79 Å². The van der Waals surface area contributed by atoms with Gasteiger partial charge in [0.25, 0.3) is 5.91 Å². The Morgan fingerprint density at radius 1 is 1.05 bits per heavy atom. The summed E-state index contributed by atoms with van der Waals surface area (Å²) in [4.78, 5) is 13.6. The molecule has 0 fully saturated rings. The van der Waals surface area contributed by atoms with Gasteiger partial charge in [0.1, 0.15) is 5.82 Å². The fourth-order valence-electron chi connectivity index (χ4n) is 2.06. The number of aryl methyl sites for hydroxylation is 1. The molecule has 0 aliphatic rings. The van der Waals surface area contributed by atoms with Crippen LogP contribution in [0.4, 0.5) is 13.2 Å². The first-order valence-corrected chi connectivity index (χ1v) is 6.34. The average molecular weight is 293 g/mol. The van der Waals surface area contributed by atoms with E-state index in [1.807, 2.05) is 0 Å². The fraction of sp³-hybridized carbons (Fsp3) is 0.188.